The van der Waals surface area contributed by atoms with Gasteiger partial charge >= 0.3 is 19.5 Å². The van der Waals surface area contributed by atoms with Crippen molar-refractivity contribution in [2.45, 2.75) is 131 Å². The molecular formula is C24H52O4P2S4Zn. The first kappa shape index (κ1) is 41.9. The minimum atomic E-state index is -2.92. The van der Waals surface area contributed by atoms with Crippen LogP contribution in [0.5, 0.6) is 0 Å². The zero-order chi connectivity index (χ0) is 27.3. The topological polar surface area (TPSA) is 64.6 Å². The minimum absolute atomic E-state index is 0. The van der Waals surface area contributed by atoms with Gasteiger partial charge in [-0.15, -0.1) is 22.8 Å². The van der Waals surface area contributed by atoms with Gasteiger partial charge in [-0.3, -0.25) is 0 Å². The Hall–Kier alpha value is 2.46. The summed E-state index contributed by atoms with van der Waals surface area (Å²) < 4.78 is 11.1. The average Bonchev–Trinajstić information content (AvgIpc) is 2.48. The molecule has 208 valence electrons. The van der Waals surface area contributed by atoms with Gasteiger partial charge in [0.05, 0.1) is 12.2 Å². The van der Waals surface area contributed by atoms with Crippen molar-refractivity contribution in [2.24, 2.45) is 23.7 Å². The molecule has 35 heavy (non-hydrogen) atoms. The molecule has 0 heterocycles. The smallest absolute Gasteiger partial charge is 0.793 e. The summed E-state index contributed by atoms with van der Waals surface area (Å²) in [4.78, 5) is 24.3. The van der Waals surface area contributed by atoms with Gasteiger partial charge in [-0.1, -0.05) is 92.9 Å². The van der Waals surface area contributed by atoms with Gasteiger partial charge in [0, 0.05) is 21.9 Å². The zero-order valence-electron chi connectivity index (χ0n) is 24.3. The molecule has 0 aliphatic heterocycles. The van der Waals surface area contributed by atoms with Gasteiger partial charge in [0.15, 0.2) is 0 Å². The molecule has 0 aromatic carbocycles. The minimum Gasteiger partial charge on any atom is -0.793 e. The Kier molecular flexibility index (Phi) is 25.5. The van der Waals surface area contributed by atoms with E-state index in [-0.39, 0.29) is 31.7 Å². The van der Waals surface area contributed by atoms with E-state index < -0.39 is 11.4 Å². The fourth-order valence-electron chi connectivity index (χ4n) is 3.76. The number of rotatable bonds is 16. The quantitative estimate of drug-likeness (QED) is 0.121. The van der Waals surface area contributed by atoms with Crippen molar-refractivity contribution in [3.05, 3.63) is 0 Å². The molecule has 0 saturated carbocycles. The predicted octanol–water partition coefficient (Wildman–Crippen LogP) is 8.38. The van der Waals surface area contributed by atoms with Crippen LogP contribution in [0.25, 0.3) is 0 Å². The van der Waals surface area contributed by atoms with E-state index in [1.807, 2.05) is 13.8 Å². The maximum Gasteiger partial charge on any atom is 2.00 e. The largest absolute Gasteiger partial charge is 2.00 e. The molecule has 0 fully saturated rings. The summed E-state index contributed by atoms with van der Waals surface area (Å²) in [7, 11) is 0. The monoisotopic (exact) mass is 658 g/mol. The third-order valence-electron chi connectivity index (χ3n) is 4.45. The molecule has 4 nitrogen and oxygen atoms in total. The van der Waals surface area contributed by atoms with E-state index in [9.17, 15) is 9.79 Å². The summed E-state index contributed by atoms with van der Waals surface area (Å²) in [5.74, 6) is 2.28. The molecule has 0 saturated heterocycles. The molecule has 0 N–H and O–H groups in total. The normalized spacial score (nSPS) is 18.8. The zero-order valence-corrected chi connectivity index (χ0v) is 32.3. The van der Waals surface area contributed by atoms with E-state index in [4.69, 9.17) is 32.7 Å². The van der Waals surface area contributed by atoms with Gasteiger partial charge in [0.25, 0.3) is 0 Å². The van der Waals surface area contributed by atoms with Crippen LogP contribution in [0.15, 0.2) is 0 Å². The Bertz CT molecular complexity index is 528. The molecule has 0 aliphatic carbocycles. The molecule has 6 unspecified atom stereocenters. The second-order valence-electron chi connectivity index (χ2n) is 11.1. The Labute approximate surface area is 249 Å². The maximum absolute atomic E-state index is 12.2. The SMILES string of the molecule is CC(C)CC(C)OP([O-])(=S)SC(C)CC(C)C.CC(C)CC(C)OP([O-])(=S)SC(C)CC(C)C.[Zn+2]. The standard InChI is InChI=1S/2C12H27O2PS2.Zn/c2*1-9(2)7-11(5)14-15(13,16)17-12(6)8-10(3)4;/h2*9-12H,7-8H2,1-6H3,(H,13,16);/q;;+2/p-2. The van der Waals surface area contributed by atoms with Crippen molar-refractivity contribution >= 4 is 57.8 Å². The molecule has 0 amide bonds. The first-order chi connectivity index (χ1) is 15.2. The fourth-order valence-corrected chi connectivity index (χ4v) is 14.6. The molecule has 0 aromatic heterocycles. The van der Waals surface area contributed by atoms with Crippen LogP contribution >= 0.6 is 34.2 Å². The van der Waals surface area contributed by atoms with Crippen molar-refractivity contribution in [1.29, 1.82) is 0 Å². The van der Waals surface area contributed by atoms with E-state index in [0.717, 1.165) is 25.7 Å². The third-order valence-corrected chi connectivity index (χ3v) is 13.6. The third kappa shape index (κ3) is 29.3. The summed E-state index contributed by atoms with van der Waals surface area (Å²) in [5, 5.41) is 0.592. The van der Waals surface area contributed by atoms with E-state index in [1.54, 1.807) is 0 Å². The van der Waals surface area contributed by atoms with Gasteiger partial charge < -0.3 is 18.8 Å². The van der Waals surface area contributed by atoms with Crippen molar-refractivity contribution in [1.82, 2.24) is 0 Å². The molecular weight excluding hydrogens is 608 g/mol. The van der Waals surface area contributed by atoms with Gasteiger partial charge in [-0.2, -0.15) is 0 Å². The number of hydrogen-bond acceptors (Lipinski definition) is 8. The van der Waals surface area contributed by atoms with Crippen molar-refractivity contribution in [2.75, 3.05) is 0 Å². The van der Waals surface area contributed by atoms with Gasteiger partial charge in [-0.25, -0.2) is 0 Å². The number of hydrogen-bond donors (Lipinski definition) is 0. The van der Waals surface area contributed by atoms with Gasteiger partial charge in [-0.05, 0) is 63.2 Å². The second-order valence-corrected chi connectivity index (χ2v) is 23.7. The molecule has 0 rings (SSSR count). The molecule has 6 atom stereocenters. The summed E-state index contributed by atoms with van der Waals surface area (Å²) in [5.41, 5.74) is -5.83. The van der Waals surface area contributed by atoms with Crippen molar-refractivity contribution in [3.8, 4) is 0 Å². The average molecular weight is 660 g/mol. The van der Waals surface area contributed by atoms with E-state index in [0.29, 0.717) is 34.2 Å². The van der Waals surface area contributed by atoms with Crippen LogP contribution < -0.4 is 9.79 Å². The van der Waals surface area contributed by atoms with Crippen LogP contribution in [0.4, 0.5) is 0 Å². The first-order valence-corrected chi connectivity index (χ1v) is 20.8. The van der Waals surface area contributed by atoms with Crippen LogP contribution in [0.2, 0.25) is 0 Å². The van der Waals surface area contributed by atoms with Gasteiger partial charge in [0.2, 0.25) is 0 Å². The van der Waals surface area contributed by atoms with Crippen LogP contribution in [0.3, 0.4) is 0 Å². The summed E-state index contributed by atoms with van der Waals surface area (Å²) in [6.07, 6.45) is 3.81. The Morgan fingerprint density at radius 3 is 0.971 bits per heavy atom. The molecule has 0 spiro atoms. The maximum atomic E-state index is 12.2. The fraction of sp³-hybridized carbons (Fsp3) is 1.00. The Morgan fingerprint density at radius 1 is 0.543 bits per heavy atom. The van der Waals surface area contributed by atoms with Crippen molar-refractivity contribution in [3.63, 3.8) is 0 Å². The van der Waals surface area contributed by atoms with E-state index in [2.05, 4.69) is 69.2 Å². The van der Waals surface area contributed by atoms with Crippen molar-refractivity contribution < 1.29 is 38.3 Å². The van der Waals surface area contributed by atoms with Crippen LogP contribution in [-0.4, -0.2) is 22.7 Å². The summed E-state index contributed by atoms with van der Waals surface area (Å²) >= 11 is 12.9. The van der Waals surface area contributed by atoms with Gasteiger partial charge in [0.1, 0.15) is 0 Å². The predicted molar refractivity (Wildman–Crippen MR) is 162 cm³/mol. The first-order valence-electron chi connectivity index (χ1n) is 12.6. The summed E-state index contributed by atoms with van der Waals surface area (Å²) in [6, 6.07) is 0. The molecule has 0 aromatic rings. The Balaban J connectivity index is -0.000000569. The van der Waals surface area contributed by atoms with Crippen LogP contribution in [0, 0.1) is 23.7 Å². The molecule has 0 radical (unpaired) electrons. The van der Waals surface area contributed by atoms with Crippen LogP contribution in [0.1, 0.15) is 109 Å². The molecule has 0 bridgehead atoms. The molecule has 11 heteroatoms. The second kappa shape index (κ2) is 21.2. The van der Waals surface area contributed by atoms with E-state index >= 15 is 0 Å². The Morgan fingerprint density at radius 2 is 0.771 bits per heavy atom. The molecule has 0 aliphatic rings. The van der Waals surface area contributed by atoms with Crippen LogP contribution in [-0.2, 0) is 52.1 Å². The van der Waals surface area contributed by atoms with E-state index in [1.165, 1.54) is 22.8 Å². The summed E-state index contributed by atoms with van der Waals surface area (Å²) in [6.45, 7) is 25.2.